The summed E-state index contributed by atoms with van der Waals surface area (Å²) in [6, 6.07) is 9.42. The van der Waals surface area contributed by atoms with Gasteiger partial charge in [-0.15, -0.1) is 0 Å². The molecule has 0 spiro atoms. The number of phenols is 1. The van der Waals surface area contributed by atoms with Gasteiger partial charge in [0.15, 0.2) is 11.5 Å². The first-order valence-corrected chi connectivity index (χ1v) is 7.42. The van der Waals surface area contributed by atoms with Crippen LogP contribution >= 0.6 is 0 Å². The van der Waals surface area contributed by atoms with Crippen LogP contribution in [-0.2, 0) is 6.42 Å². The van der Waals surface area contributed by atoms with Gasteiger partial charge >= 0.3 is 0 Å². The molecule has 2 aromatic rings. The van der Waals surface area contributed by atoms with Crippen LogP contribution in [0.1, 0.15) is 23.6 Å². The zero-order valence-electron chi connectivity index (χ0n) is 13.9. The fraction of sp³-hybridized carbons (Fsp3) is 0.263. The van der Waals surface area contributed by atoms with Crippen molar-refractivity contribution in [2.24, 2.45) is 0 Å². The molecule has 2 rings (SSSR count). The first kappa shape index (κ1) is 16.7. The van der Waals surface area contributed by atoms with Crippen LogP contribution in [0.15, 0.2) is 30.3 Å². The molecule has 0 atom stereocenters. The summed E-state index contributed by atoms with van der Waals surface area (Å²) in [6.45, 7) is 2.01. The summed E-state index contributed by atoms with van der Waals surface area (Å²) < 4.78 is 16.0. The lowest BCUT2D eigenvalue weighted by atomic mass is 10.1. The Kier molecular flexibility index (Phi) is 5.52. The average Bonchev–Trinajstić information content (AvgIpc) is 2.58. The Balaban J connectivity index is 2.34. The molecule has 0 amide bonds. The Labute approximate surface area is 136 Å². The minimum Gasteiger partial charge on any atom is -0.508 e. The lowest BCUT2D eigenvalue weighted by molar-refractivity contribution is 0.324. The van der Waals surface area contributed by atoms with E-state index < -0.39 is 0 Å². The molecule has 0 radical (unpaired) electrons. The summed E-state index contributed by atoms with van der Waals surface area (Å²) in [5.41, 5.74) is 2.78. The molecule has 0 saturated carbocycles. The lowest BCUT2D eigenvalue weighted by Crippen LogP contribution is -1.95. The topological polar surface area (TPSA) is 47.9 Å². The van der Waals surface area contributed by atoms with Gasteiger partial charge in [0, 0.05) is 0 Å². The van der Waals surface area contributed by atoms with Crippen molar-refractivity contribution < 1.29 is 19.3 Å². The molecule has 0 aliphatic carbocycles. The molecule has 2 aromatic carbocycles. The van der Waals surface area contributed by atoms with Gasteiger partial charge < -0.3 is 19.3 Å². The van der Waals surface area contributed by atoms with Crippen molar-refractivity contribution in [2.45, 2.75) is 13.3 Å². The number of hydrogen-bond acceptors (Lipinski definition) is 4. The van der Waals surface area contributed by atoms with Gasteiger partial charge in [-0.05, 0) is 41.3 Å². The van der Waals surface area contributed by atoms with Gasteiger partial charge in [-0.2, -0.15) is 0 Å². The predicted octanol–water partition coefficient (Wildman–Crippen LogP) is 4.15. The molecular weight excluding hydrogens is 292 g/mol. The van der Waals surface area contributed by atoms with Crippen molar-refractivity contribution in [2.75, 3.05) is 21.3 Å². The standard InChI is InChI=1S/C19H22O4/c1-5-15-9-8-13(10-16(15)20)6-7-14-11-17(21-2)19(23-4)18(12-14)22-3/h6-12,20H,5H2,1-4H3/b7-6-. The Morgan fingerprint density at radius 2 is 1.48 bits per heavy atom. The van der Waals surface area contributed by atoms with Crippen molar-refractivity contribution in [3.63, 3.8) is 0 Å². The third kappa shape index (κ3) is 3.77. The Bertz CT molecular complexity index is 680. The third-order valence-electron chi connectivity index (χ3n) is 3.65. The summed E-state index contributed by atoms with van der Waals surface area (Å²) in [5, 5.41) is 9.93. The highest BCUT2D eigenvalue weighted by Gasteiger charge is 2.11. The van der Waals surface area contributed by atoms with E-state index in [2.05, 4.69) is 0 Å². The molecule has 4 nitrogen and oxygen atoms in total. The number of hydrogen-bond donors (Lipinski definition) is 1. The summed E-state index contributed by atoms with van der Waals surface area (Å²) >= 11 is 0. The largest absolute Gasteiger partial charge is 0.508 e. The number of rotatable bonds is 6. The van der Waals surface area contributed by atoms with Crippen LogP contribution < -0.4 is 14.2 Å². The van der Waals surface area contributed by atoms with Crippen LogP contribution in [-0.4, -0.2) is 26.4 Å². The van der Waals surface area contributed by atoms with Crippen molar-refractivity contribution in [1.29, 1.82) is 0 Å². The van der Waals surface area contributed by atoms with E-state index in [1.807, 2.05) is 43.3 Å². The SMILES string of the molecule is CCc1ccc(/C=C\c2cc(OC)c(OC)c(OC)c2)cc1O. The van der Waals surface area contributed by atoms with Crippen LogP contribution in [0, 0.1) is 0 Å². The smallest absolute Gasteiger partial charge is 0.203 e. The van der Waals surface area contributed by atoms with Crippen molar-refractivity contribution in [3.8, 4) is 23.0 Å². The van der Waals surface area contributed by atoms with E-state index in [0.717, 1.165) is 23.1 Å². The molecule has 0 aromatic heterocycles. The highest BCUT2D eigenvalue weighted by atomic mass is 16.5. The average molecular weight is 314 g/mol. The maximum absolute atomic E-state index is 9.93. The molecule has 23 heavy (non-hydrogen) atoms. The molecule has 0 unspecified atom stereocenters. The number of aromatic hydroxyl groups is 1. The number of ether oxygens (including phenoxy) is 3. The number of aryl methyl sites for hydroxylation is 1. The number of phenolic OH excluding ortho intramolecular Hbond substituents is 1. The zero-order valence-corrected chi connectivity index (χ0v) is 13.9. The Hall–Kier alpha value is -2.62. The molecule has 0 bridgehead atoms. The molecule has 0 saturated heterocycles. The number of methoxy groups -OCH3 is 3. The quantitative estimate of drug-likeness (QED) is 0.814. The van der Waals surface area contributed by atoms with E-state index in [0.29, 0.717) is 23.0 Å². The highest BCUT2D eigenvalue weighted by Crippen LogP contribution is 2.38. The van der Waals surface area contributed by atoms with Gasteiger partial charge in [-0.25, -0.2) is 0 Å². The fourth-order valence-corrected chi connectivity index (χ4v) is 2.37. The minimum absolute atomic E-state index is 0.319. The van der Waals surface area contributed by atoms with E-state index in [1.165, 1.54) is 0 Å². The van der Waals surface area contributed by atoms with Crippen LogP contribution in [0.2, 0.25) is 0 Å². The minimum atomic E-state index is 0.319. The summed E-state index contributed by atoms with van der Waals surface area (Å²) in [4.78, 5) is 0. The fourth-order valence-electron chi connectivity index (χ4n) is 2.37. The molecule has 0 heterocycles. The second kappa shape index (κ2) is 7.58. The second-order valence-corrected chi connectivity index (χ2v) is 5.03. The van der Waals surface area contributed by atoms with E-state index in [1.54, 1.807) is 27.4 Å². The van der Waals surface area contributed by atoms with Gasteiger partial charge in [-0.3, -0.25) is 0 Å². The van der Waals surface area contributed by atoms with Gasteiger partial charge in [0.25, 0.3) is 0 Å². The molecule has 0 aliphatic rings. The van der Waals surface area contributed by atoms with Crippen molar-refractivity contribution in [1.82, 2.24) is 0 Å². The van der Waals surface area contributed by atoms with E-state index in [4.69, 9.17) is 14.2 Å². The molecule has 1 N–H and O–H groups in total. The summed E-state index contributed by atoms with van der Waals surface area (Å²) in [5.74, 6) is 2.10. The van der Waals surface area contributed by atoms with Crippen LogP contribution in [0.3, 0.4) is 0 Å². The molecular formula is C19H22O4. The van der Waals surface area contributed by atoms with Gasteiger partial charge in [0.2, 0.25) is 5.75 Å². The molecule has 0 fully saturated rings. The van der Waals surface area contributed by atoms with Gasteiger partial charge in [-0.1, -0.05) is 31.2 Å². The van der Waals surface area contributed by atoms with Crippen LogP contribution in [0.5, 0.6) is 23.0 Å². The van der Waals surface area contributed by atoms with Gasteiger partial charge in [0.05, 0.1) is 21.3 Å². The molecule has 4 heteroatoms. The van der Waals surface area contributed by atoms with Crippen molar-refractivity contribution >= 4 is 12.2 Å². The zero-order chi connectivity index (χ0) is 16.8. The second-order valence-electron chi connectivity index (χ2n) is 5.03. The number of benzene rings is 2. The predicted molar refractivity (Wildman–Crippen MR) is 92.5 cm³/mol. The first-order chi connectivity index (χ1) is 11.1. The van der Waals surface area contributed by atoms with Crippen LogP contribution in [0.4, 0.5) is 0 Å². The monoisotopic (exact) mass is 314 g/mol. The Morgan fingerprint density at radius 1 is 0.870 bits per heavy atom. The van der Waals surface area contributed by atoms with Crippen molar-refractivity contribution in [3.05, 3.63) is 47.0 Å². The van der Waals surface area contributed by atoms with Gasteiger partial charge in [0.1, 0.15) is 5.75 Å². The first-order valence-electron chi connectivity index (χ1n) is 7.42. The lowest BCUT2D eigenvalue weighted by Gasteiger charge is -2.12. The molecule has 0 aliphatic heterocycles. The third-order valence-corrected chi connectivity index (χ3v) is 3.65. The maximum Gasteiger partial charge on any atom is 0.203 e. The summed E-state index contributed by atoms with van der Waals surface area (Å²) in [7, 11) is 4.76. The molecule has 122 valence electrons. The highest BCUT2D eigenvalue weighted by molar-refractivity contribution is 5.73. The summed E-state index contributed by atoms with van der Waals surface area (Å²) in [6.07, 6.45) is 4.67. The maximum atomic E-state index is 9.93. The van der Waals surface area contributed by atoms with E-state index in [-0.39, 0.29) is 0 Å². The normalized spacial score (nSPS) is 10.8. The van der Waals surface area contributed by atoms with Crippen LogP contribution in [0.25, 0.3) is 12.2 Å². The van der Waals surface area contributed by atoms with E-state index >= 15 is 0 Å². The Morgan fingerprint density at radius 3 is 1.96 bits per heavy atom. The van der Waals surface area contributed by atoms with E-state index in [9.17, 15) is 5.11 Å².